The number of aryl methyl sites for hydroxylation is 1. The molecule has 0 radical (unpaired) electrons. The van der Waals surface area contributed by atoms with E-state index in [2.05, 4.69) is 49.4 Å². The fraction of sp³-hybridized carbons (Fsp3) is 0.308. The molecule has 4 aromatic rings. The van der Waals surface area contributed by atoms with Crippen LogP contribution < -0.4 is 5.32 Å². The van der Waals surface area contributed by atoms with Crippen molar-refractivity contribution < 1.29 is 19.2 Å². The molecule has 1 aliphatic rings. The lowest BCUT2D eigenvalue weighted by Crippen LogP contribution is -2.45. The topological polar surface area (TPSA) is 128 Å². The fourth-order valence-corrected chi connectivity index (χ4v) is 4.06. The molecule has 10 nitrogen and oxygen atoms in total. The third kappa shape index (κ3) is 6.35. The molecule has 36 heavy (non-hydrogen) atoms. The van der Waals surface area contributed by atoms with E-state index in [1.54, 1.807) is 12.1 Å². The molecule has 0 bridgehead atoms. The molecule has 5 rings (SSSR count). The minimum Gasteiger partial charge on any atom is -0.483 e. The summed E-state index contributed by atoms with van der Waals surface area (Å²) in [7, 11) is 2.17. The van der Waals surface area contributed by atoms with Crippen LogP contribution >= 0.6 is 0 Å². The van der Waals surface area contributed by atoms with E-state index in [1.165, 1.54) is 5.56 Å². The number of amides is 1. The van der Waals surface area contributed by atoms with Crippen molar-refractivity contribution in [2.45, 2.75) is 13.3 Å². The Morgan fingerprint density at radius 1 is 1.14 bits per heavy atom. The maximum absolute atomic E-state index is 12.8. The first-order valence-electron chi connectivity index (χ1n) is 11.8. The van der Waals surface area contributed by atoms with Gasteiger partial charge in [0.1, 0.15) is 0 Å². The smallest absolute Gasteiger partial charge is 0.290 e. The summed E-state index contributed by atoms with van der Waals surface area (Å²) in [4.78, 5) is 33.8. The van der Waals surface area contributed by atoms with Gasteiger partial charge in [0, 0.05) is 50.0 Å². The summed E-state index contributed by atoms with van der Waals surface area (Å²) >= 11 is 0. The molecule has 188 valence electrons. The molecular formula is C26H30N6O4. The Kier molecular flexibility index (Phi) is 8.09. The zero-order chi connectivity index (χ0) is 25.5. The Hall–Kier alpha value is -4.02. The highest BCUT2D eigenvalue weighted by Gasteiger charge is 2.14. The van der Waals surface area contributed by atoms with Crippen molar-refractivity contribution in [3.8, 4) is 11.6 Å². The van der Waals surface area contributed by atoms with E-state index >= 15 is 0 Å². The van der Waals surface area contributed by atoms with Crippen LogP contribution in [-0.2, 0) is 11.2 Å². The van der Waals surface area contributed by atoms with Crippen LogP contribution in [0.5, 0.6) is 0 Å². The summed E-state index contributed by atoms with van der Waals surface area (Å²) in [6.45, 7) is 7.21. The number of rotatable bonds is 6. The first kappa shape index (κ1) is 25.1. The van der Waals surface area contributed by atoms with Crippen LogP contribution in [0.25, 0.3) is 22.6 Å². The molecule has 0 atom stereocenters. The third-order valence-corrected chi connectivity index (χ3v) is 6.13. The highest BCUT2D eigenvalue weighted by Crippen LogP contribution is 2.22. The van der Waals surface area contributed by atoms with Crippen LogP contribution in [0.1, 0.15) is 21.6 Å². The summed E-state index contributed by atoms with van der Waals surface area (Å²) in [5, 5.41) is 13.8. The molecule has 3 N–H and O–H groups in total. The minimum absolute atomic E-state index is 0.159. The van der Waals surface area contributed by atoms with E-state index in [1.807, 2.05) is 31.2 Å². The van der Waals surface area contributed by atoms with Crippen molar-refractivity contribution in [2.24, 2.45) is 0 Å². The predicted octanol–water partition coefficient (Wildman–Crippen LogP) is 3.27. The Bertz CT molecular complexity index is 1310. The number of carbonyl (C=O) groups excluding carboxylic acids is 1. The van der Waals surface area contributed by atoms with Gasteiger partial charge in [0.2, 0.25) is 5.76 Å². The van der Waals surface area contributed by atoms with Gasteiger partial charge < -0.3 is 29.7 Å². The zero-order valence-electron chi connectivity index (χ0n) is 20.4. The minimum atomic E-state index is -0.250. The number of carboxylic acid groups (broad SMARTS) is 1. The molecular weight excluding hydrogens is 460 g/mol. The van der Waals surface area contributed by atoms with E-state index in [-0.39, 0.29) is 12.4 Å². The molecule has 2 aromatic heterocycles. The van der Waals surface area contributed by atoms with E-state index in [9.17, 15) is 4.79 Å². The summed E-state index contributed by atoms with van der Waals surface area (Å²) < 4.78 is 5.27. The van der Waals surface area contributed by atoms with Gasteiger partial charge in [0.15, 0.2) is 5.82 Å². The number of fused-ring (bicyclic) bond motifs is 1. The van der Waals surface area contributed by atoms with Gasteiger partial charge in [-0.05, 0) is 56.3 Å². The highest BCUT2D eigenvalue weighted by molar-refractivity contribution is 6.06. The molecule has 0 unspecified atom stereocenters. The van der Waals surface area contributed by atoms with Gasteiger partial charge in [-0.15, -0.1) is 0 Å². The number of aromatic amines is 1. The first-order chi connectivity index (χ1) is 17.4. The molecule has 1 fully saturated rings. The monoisotopic (exact) mass is 490 g/mol. The lowest BCUT2D eigenvalue weighted by molar-refractivity contribution is -0.122. The van der Waals surface area contributed by atoms with Gasteiger partial charge in [-0.2, -0.15) is 0 Å². The number of hydrogen-bond donors (Lipinski definition) is 3. The molecule has 0 aliphatic carbocycles. The molecule has 0 spiro atoms. The number of aromatic nitrogens is 3. The summed E-state index contributed by atoms with van der Waals surface area (Å²) in [5.41, 5.74) is 4.94. The normalized spacial score (nSPS) is 14.3. The van der Waals surface area contributed by atoms with Gasteiger partial charge in [-0.1, -0.05) is 17.3 Å². The van der Waals surface area contributed by atoms with Gasteiger partial charge in [0.05, 0.1) is 16.7 Å². The molecule has 3 heterocycles. The van der Waals surface area contributed by atoms with Crippen molar-refractivity contribution in [3.63, 3.8) is 0 Å². The van der Waals surface area contributed by atoms with Crippen LogP contribution in [0.4, 0.5) is 5.69 Å². The molecule has 1 aliphatic heterocycles. The number of likely N-dealkylation sites (N-methyl/N-ethyl adjacent to an activating group) is 1. The number of imidazole rings is 1. The number of benzene rings is 2. The zero-order valence-corrected chi connectivity index (χ0v) is 20.4. The number of carbonyl (C=O) groups is 2. The van der Waals surface area contributed by atoms with E-state index < -0.39 is 0 Å². The predicted molar refractivity (Wildman–Crippen MR) is 137 cm³/mol. The lowest BCUT2D eigenvalue weighted by atomic mass is 10.1. The fourth-order valence-electron chi connectivity index (χ4n) is 4.06. The average molecular weight is 491 g/mol. The molecule has 1 saturated heterocycles. The average Bonchev–Trinajstić information content (AvgIpc) is 3.50. The standard InChI is InChI=1S/C25H28N6O2.CH2O2/c1-17-15-23(33-29-17)24-27-21-8-5-19(16-22(21)28-24)25(32)26-20-6-3-18(4-7-20)9-10-31-13-11-30(2)12-14-31;2-1-3/h3-8,15-16H,9-14H2,1-2H3,(H,26,32)(H,27,28);1H,(H,2,3). The van der Waals surface area contributed by atoms with Crippen molar-refractivity contribution in [1.29, 1.82) is 0 Å². The Morgan fingerprint density at radius 2 is 1.86 bits per heavy atom. The van der Waals surface area contributed by atoms with Crippen LogP contribution in [0.15, 0.2) is 53.1 Å². The Labute approximate surface area is 208 Å². The second kappa shape index (κ2) is 11.6. The third-order valence-electron chi connectivity index (χ3n) is 6.13. The van der Waals surface area contributed by atoms with Gasteiger partial charge >= 0.3 is 0 Å². The summed E-state index contributed by atoms with van der Waals surface area (Å²) in [5.74, 6) is 1.01. The summed E-state index contributed by atoms with van der Waals surface area (Å²) in [6, 6.07) is 15.3. The van der Waals surface area contributed by atoms with Crippen LogP contribution in [-0.4, -0.2) is 82.2 Å². The number of nitrogens with zero attached hydrogens (tertiary/aromatic N) is 4. The number of H-pyrrole nitrogens is 1. The number of piperazine rings is 1. The van der Waals surface area contributed by atoms with Gasteiger partial charge in [0.25, 0.3) is 12.4 Å². The van der Waals surface area contributed by atoms with Crippen molar-refractivity contribution >= 4 is 29.1 Å². The molecule has 1 amide bonds. The second-order valence-electron chi connectivity index (χ2n) is 8.80. The molecule has 10 heteroatoms. The molecule has 2 aromatic carbocycles. The Balaban J connectivity index is 0.000000967. The second-order valence-corrected chi connectivity index (χ2v) is 8.80. The SMILES string of the molecule is Cc1cc(-c2nc3ccc(C(=O)Nc4ccc(CCN5CCN(C)CC5)cc4)cc3[nH]2)on1.O=CO. The number of nitrogens with one attached hydrogen (secondary N) is 2. The van der Waals surface area contributed by atoms with Crippen LogP contribution in [0.2, 0.25) is 0 Å². The maximum Gasteiger partial charge on any atom is 0.290 e. The number of anilines is 1. The quantitative estimate of drug-likeness (QED) is 0.352. The Morgan fingerprint density at radius 3 is 2.53 bits per heavy atom. The summed E-state index contributed by atoms with van der Waals surface area (Å²) in [6.07, 6.45) is 1.02. The van der Waals surface area contributed by atoms with Crippen LogP contribution in [0.3, 0.4) is 0 Å². The first-order valence-corrected chi connectivity index (χ1v) is 11.8. The van der Waals surface area contributed by atoms with E-state index in [0.29, 0.717) is 17.1 Å². The van der Waals surface area contributed by atoms with Crippen LogP contribution in [0, 0.1) is 6.92 Å². The van der Waals surface area contributed by atoms with E-state index in [0.717, 1.165) is 61.6 Å². The number of hydrogen-bond acceptors (Lipinski definition) is 7. The lowest BCUT2D eigenvalue weighted by Gasteiger charge is -2.32. The van der Waals surface area contributed by atoms with Crippen molar-refractivity contribution in [2.75, 3.05) is 45.1 Å². The maximum atomic E-state index is 12.8. The van der Waals surface area contributed by atoms with E-state index in [4.69, 9.17) is 14.4 Å². The van der Waals surface area contributed by atoms with Crippen molar-refractivity contribution in [3.05, 3.63) is 65.4 Å². The van der Waals surface area contributed by atoms with Crippen molar-refractivity contribution in [1.82, 2.24) is 24.9 Å². The largest absolute Gasteiger partial charge is 0.483 e. The van der Waals surface area contributed by atoms with Gasteiger partial charge in [-0.25, -0.2) is 4.98 Å². The molecule has 0 saturated carbocycles. The highest BCUT2D eigenvalue weighted by atomic mass is 16.5. The van der Waals surface area contributed by atoms with Gasteiger partial charge in [-0.3, -0.25) is 9.59 Å².